The number of hydrogen-bond acceptors (Lipinski definition) is 1. The number of benzene rings is 1. The Morgan fingerprint density at radius 2 is 2.21 bits per heavy atom. The number of carbonyl (C=O) groups is 1. The van der Waals surface area contributed by atoms with E-state index < -0.39 is 0 Å². The van der Waals surface area contributed by atoms with Crippen molar-refractivity contribution in [3.8, 4) is 0 Å². The third-order valence-corrected chi connectivity index (χ3v) is 2.75. The number of allylic oxidation sites excluding steroid dienone is 2. The van der Waals surface area contributed by atoms with Crippen LogP contribution in [0.25, 0.3) is 0 Å². The molecule has 0 heterocycles. The molecule has 0 saturated carbocycles. The highest BCUT2D eigenvalue weighted by Crippen LogP contribution is 2.27. The SMILES string of the molecule is CCC(=O)C1C=CCc2ccccc21. The van der Waals surface area contributed by atoms with Crippen molar-refractivity contribution < 1.29 is 4.79 Å². The van der Waals surface area contributed by atoms with Gasteiger partial charge < -0.3 is 0 Å². The Bertz CT molecular complexity index is 377. The fourth-order valence-corrected chi connectivity index (χ4v) is 1.96. The lowest BCUT2D eigenvalue weighted by molar-refractivity contribution is -0.119. The molecule has 0 radical (unpaired) electrons. The van der Waals surface area contributed by atoms with Gasteiger partial charge in [-0.2, -0.15) is 0 Å². The molecule has 1 aliphatic rings. The molecule has 1 nitrogen and oxygen atoms in total. The molecule has 0 amide bonds. The van der Waals surface area contributed by atoms with Crippen molar-refractivity contribution in [1.82, 2.24) is 0 Å². The molecule has 0 N–H and O–H groups in total. The maximum absolute atomic E-state index is 11.7. The molecule has 0 fully saturated rings. The second-order valence-corrected chi connectivity index (χ2v) is 3.63. The molecule has 14 heavy (non-hydrogen) atoms. The molecular formula is C13H14O. The first-order chi connectivity index (χ1) is 6.83. The third kappa shape index (κ3) is 1.50. The van der Waals surface area contributed by atoms with E-state index in [-0.39, 0.29) is 5.92 Å². The standard InChI is InChI=1S/C13H14O/c1-2-13(14)12-9-5-7-10-6-3-4-8-11(10)12/h3-6,8-9,12H,2,7H2,1H3. The van der Waals surface area contributed by atoms with Gasteiger partial charge in [0, 0.05) is 6.42 Å². The monoisotopic (exact) mass is 186 g/mol. The Labute approximate surface area is 84.5 Å². The van der Waals surface area contributed by atoms with Crippen LogP contribution in [0.4, 0.5) is 0 Å². The van der Waals surface area contributed by atoms with E-state index in [0.29, 0.717) is 12.2 Å². The summed E-state index contributed by atoms with van der Waals surface area (Å²) in [5.41, 5.74) is 2.49. The first-order valence-corrected chi connectivity index (χ1v) is 5.10. The highest BCUT2D eigenvalue weighted by atomic mass is 16.1. The van der Waals surface area contributed by atoms with Gasteiger partial charge in [0.15, 0.2) is 0 Å². The van der Waals surface area contributed by atoms with Crippen molar-refractivity contribution in [3.63, 3.8) is 0 Å². The largest absolute Gasteiger partial charge is 0.299 e. The van der Waals surface area contributed by atoms with Crippen LogP contribution in [0.15, 0.2) is 36.4 Å². The Morgan fingerprint density at radius 1 is 1.43 bits per heavy atom. The lowest BCUT2D eigenvalue weighted by atomic mass is 9.84. The van der Waals surface area contributed by atoms with E-state index in [2.05, 4.69) is 18.2 Å². The molecule has 0 saturated heterocycles. The normalized spacial score (nSPS) is 19.1. The van der Waals surface area contributed by atoms with Crippen molar-refractivity contribution in [1.29, 1.82) is 0 Å². The average molecular weight is 186 g/mol. The summed E-state index contributed by atoms with van der Waals surface area (Å²) in [6, 6.07) is 8.21. The summed E-state index contributed by atoms with van der Waals surface area (Å²) in [6.07, 6.45) is 5.71. The molecule has 1 aromatic rings. The van der Waals surface area contributed by atoms with Crippen LogP contribution < -0.4 is 0 Å². The summed E-state index contributed by atoms with van der Waals surface area (Å²) < 4.78 is 0. The zero-order valence-electron chi connectivity index (χ0n) is 8.36. The Kier molecular flexibility index (Phi) is 2.49. The second kappa shape index (κ2) is 3.79. The van der Waals surface area contributed by atoms with Crippen molar-refractivity contribution in [3.05, 3.63) is 47.5 Å². The first kappa shape index (κ1) is 9.20. The minimum atomic E-state index is 0.00458. The topological polar surface area (TPSA) is 17.1 Å². The Hall–Kier alpha value is -1.37. The van der Waals surface area contributed by atoms with Gasteiger partial charge in [0.05, 0.1) is 5.92 Å². The number of ketones is 1. The highest BCUT2D eigenvalue weighted by Gasteiger charge is 2.20. The van der Waals surface area contributed by atoms with Gasteiger partial charge in [0.25, 0.3) is 0 Å². The molecular weight excluding hydrogens is 172 g/mol. The van der Waals surface area contributed by atoms with Crippen molar-refractivity contribution in [2.75, 3.05) is 0 Å². The van der Waals surface area contributed by atoms with Crippen LogP contribution in [0.2, 0.25) is 0 Å². The maximum Gasteiger partial charge on any atom is 0.143 e. The molecule has 0 spiro atoms. The van der Waals surface area contributed by atoms with E-state index in [9.17, 15) is 4.79 Å². The molecule has 72 valence electrons. The van der Waals surface area contributed by atoms with Crippen LogP contribution in [0.3, 0.4) is 0 Å². The predicted octanol–water partition coefficient (Wildman–Crippen LogP) is 2.86. The van der Waals surface area contributed by atoms with E-state index >= 15 is 0 Å². The second-order valence-electron chi connectivity index (χ2n) is 3.63. The average Bonchev–Trinajstić information content (AvgIpc) is 2.27. The lowest BCUT2D eigenvalue weighted by Gasteiger charge is -2.19. The number of hydrogen-bond donors (Lipinski definition) is 0. The third-order valence-electron chi connectivity index (χ3n) is 2.75. The zero-order chi connectivity index (χ0) is 9.97. The first-order valence-electron chi connectivity index (χ1n) is 5.10. The van der Waals surface area contributed by atoms with Crippen LogP contribution in [0.1, 0.15) is 30.4 Å². The molecule has 0 aromatic heterocycles. The van der Waals surface area contributed by atoms with Crippen LogP contribution in [0.5, 0.6) is 0 Å². The molecule has 0 bridgehead atoms. The van der Waals surface area contributed by atoms with E-state index in [4.69, 9.17) is 0 Å². The fourth-order valence-electron chi connectivity index (χ4n) is 1.96. The summed E-state index contributed by atoms with van der Waals surface area (Å²) in [6.45, 7) is 1.92. The number of carbonyl (C=O) groups excluding carboxylic acids is 1. The van der Waals surface area contributed by atoms with Gasteiger partial charge in [-0.05, 0) is 17.5 Å². The van der Waals surface area contributed by atoms with Gasteiger partial charge in [0.2, 0.25) is 0 Å². The predicted molar refractivity (Wildman–Crippen MR) is 57.3 cm³/mol. The molecule has 1 unspecified atom stereocenters. The minimum absolute atomic E-state index is 0.00458. The quantitative estimate of drug-likeness (QED) is 0.649. The molecule has 1 aromatic carbocycles. The van der Waals surface area contributed by atoms with Gasteiger partial charge in [-0.1, -0.05) is 43.3 Å². The molecule has 0 aliphatic heterocycles. The molecule has 1 heteroatoms. The Morgan fingerprint density at radius 3 is 3.00 bits per heavy atom. The van der Waals surface area contributed by atoms with Crippen LogP contribution in [0, 0.1) is 0 Å². The van der Waals surface area contributed by atoms with E-state index in [0.717, 1.165) is 6.42 Å². The van der Waals surface area contributed by atoms with Gasteiger partial charge in [-0.15, -0.1) is 0 Å². The highest BCUT2D eigenvalue weighted by molar-refractivity contribution is 5.88. The minimum Gasteiger partial charge on any atom is -0.299 e. The number of rotatable bonds is 2. The fraction of sp³-hybridized carbons (Fsp3) is 0.308. The van der Waals surface area contributed by atoms with E-state index in [1.165, 1.54) is 11.1 Å². The summed E-state index contributed by atoms with van der Waals surface area (Å²) in [5, 5.41) is 0. The molecule has 1 atom stereocenters. The van der Waals surface area contributed by atoms with Crippen LogP contribution in [-0.4, -0.2) is 5.78 Å². The van der Waals surface area contributed by atoms with Crippen LogP contribution >= 0.6 is 0 Å². The summed E-state index contributed by atoms with van der Waals surface area (Å²) in [5.74, 6) is 0.318. The van der Waals surface area contributed by atoms with Gasteiger partial charge in [-0.25, -0.2) is 0 Å². The maximum atomic E-state index is 11.7. The van der Waals surface area contributed by atoms with Gasteiger partial charge in [0.1, 0.15) is 5.78 Å². The van der Waals surface area contributed by atoms with Gasteiger partial charge in [-0.3, -0.25) is 4.79 Å². The smallest absolute Gasteiger partial charge is 0.143 e. The number of fused-ring (bicyclic) bond motifs is 1. The van der Waals surface area contributed by atoms with Crippen LogP contribution in [-0.2, 0) is 11.2 Å². The van der Waals surface area contributed by atoms with E-state index in [1.54, 1.807) is 0 Å². The molecule has 2 rings (SSSR count). The number of Topliss-reactive ketones (excluding diaryl/α,β-unsaturated/α-hetero) is 1. The Balaban J connectivity index is 2.40. The summed E-state index contributed by atoms with van der Waals surface area (Å²) in [4.78, 5) is 11.7. The van der Waals surface area contributed by atoms with Crippen molar-refractivity contribution in [2.45, 2.75) is 25.7 Å². The lowest BCUT2D eigenvalue weighted by Crippen LogP contribution is -2.13. The van der Waals surface area contributed by atoms with Gasteiger partial charge >= 0.3 is 0 Å². The zero-order valence-corrected chi connectivity index (χ0v) is 8.36. The van der Waals surface area contributed by atoms with Crippen molar-refractivity contribution in [2.24, 2.45) is 0 Å². The summed E-state index contributed by atoms with van der Waals surface area (Å²) in [7, 11) is 0. The van der Waals surface area contributed by atoms with E-state index in [1.807, 2.05) is 25.1 Å². The summed E-state index contributed by atoms with van der Waals surface area (Å²) >= 11 is 0. The molecule has 1 aliphatic carbocycles. The van der Waals surface area contributed by atoms with Crippen molar-refractivity contribution >= 4 is 5.78 Å².